The zero-order chi connectivity index (χ0) is 24.4. The molecule has 2 aromatic carbocycles. The number of amides is 2. The highest BCUT2D eigenvalue weighted by molar-refractivity contribution is 7.13. The van der Waals surface area contributed by atoms with Crippen molar-refractivity contribution in [1.82, 2.24) is 10.2 Å². The molecule has 7 nitrogen and oxygen atoms in total. The lowest BCUT2D eigenvalue weighted by molar-refractivity contribution is -0.142. The summed E-state index contributed by atoms with van der Waals surface area (Å²) in [6.07, 6.45) is 1.44. The minimum absolute atomic E-state index is 0.0185. The molecule has 0 saturated carbocycles. The molecule has 0 bridgehead atoms. The van der Waals surface area contributed by atoms with Crippen LogP contribution in [0.5, 0.6) is 5.75 Å². The maximum Gasteiger partial charge on any atom is 0.251 e. The quantitative estimate of drug-likeness (QED) is 0.552. The molecule has 35 heavy (non-hydrogen) atoms. The average Bonchev–Trinajstić information content (AvgIpc) is 3.55. The lowest BCUT2D eigenvalue weighted by atomic mass is 9.95. The van der Waals surface area contributed by atoms with Crippen LogP contribution in [0, 0.1) is 0 Å². The van der Waals surface area contributed by atoms with Gasteiger partial charge in [0, 0.05) is 23.4 Å². The second-order valence-corrected chi connectivity index (χ2v) is 9.83. The van der Waals surface area contributed by atoms with Crippen LogP contribution >= 0.6 is 11.3 Å². The first-order chi connectivity index (χ1) is 17.0. The Morgan fingerprint density at radius 2 is 1.89 bits per heavy atom. The first kappa shape index (κ1) is 23.3. The zero-order valence-corrected chi connectivity index (χ0v) is 19.9. The van der Waals surface area contributed by atoms with Gasteiger partial charge in [-0.3, -0.25) is 14.4 Å². The smallest absolute Gasteiger partial charge is 0.251 e. The summed E-state index contributed by atoms with van der Waals surface area (Å²) in [5.74, 6) is -0.626. The van der Waals surface area contributed by atoms with Gasteiger partial charge < -0.3 is 20.1 Å². The standard InChI is InChI=1S/C27H26N2O5S/c30-20-11-5-17(6-12-20)15-21(27(33)29-13-1-3-23-25(29)22(31)16-34-23)28-26(32)19-9-7-18(8-10-19)24-4-2-14-35-24/h2,4-12,14,21,23,25,30H,1,3,13,15-16H2,(H,28,32). The molecule has 3 atom stereocenters. The van der Waals surface area contributed by atoms with E-state index in [0.29, 0.717) is 12.1 Å². The van der Waals surface area contributed by atoms with E-state index in [4.69, 9.17) is 4.74 Å². The van der Waals surface area contributed by atoms with E-state index in [1.165, 1.54) is 0 Å². The summed E-state index contributed by atoms with van der Waals surface area (Å²) in [5, 5.41) is 14.5. The van der Waals surface area contributed by atoms with Gasteiger partial charge in [-0.15, -0.1) is 11.3 Å². The Morgan fingerprint density at radius 1 is 1.11 bits per heavy atom. The van der Waals surface area contributed by atoms with Crippen molar-refractivity contribution in [3.05, 3.63) is 77.2 Å². The first-order valence-electron chi connectivity index (χ1n) is 11.7. The SMILES string of the molecule is O=C(NC(Cc1ccc(O)cc1)C(=O)N1CCCC2OCC(=O)C21)c1ccc(-c2cccs2)cc1. The number of benzene rings is 2. The normalized spacial score (nSPS) is 20.3. The third-order valence-corrected chi connectivity index (χ3v) is 7.48. The number of carbonyl (C=O) groups excluding carboxylic acids is 3. The fourth-order valence-corrected chi connectivity index (χ4v) is 5.51. The van der Waals surface area contributed by atoms with E-state index in [9.17, 15) is 19.5 Å². The van der Waals surface area contributed by atoms with Crippen molar-refractivity contribution < 1.29 is 24.2 Å². The number of hydrogen-bond acceptors (Lipinski definition) is 6. The van der Waals surface area contributed by atoms with Crippen LogP contribution in [-0.4, -0.2) is 58.9 Å². The number of phenolic OH excluding ortho intramolecular Hbond substituents is 1. The van der Waals surface area contributed by atoms with Gasteiger partial charge >= 0.3 is 0 Å². The van der Waals surface area contributed by atoms with Crippen LogP contribution in [0.25, 0.3) is 10.4 Å². The van der Waals surface area contributed by atoms with Gasteiger partial charge in [0.2, 0.25) is 5.91 Å². The number of hydrogen-bond donors (Lipinski definition) is 2. The topological polar surface area (TPSA) is 95.9 Å². The molecular weight excluding hydrogens is 464 g/mol. The highest BCUT2D eigenvalue weighted by Crippen LogP contribution is 2.28. The van der Waals surface area contributed by atoms with Crippen molar-refractivity contribution in [2.75, 3.05) is 13.2 Å². The van der Waals surface area contributed by atoms with Crippen LogP contribution in [0.4, 0.5) is 0 Å². The van der Waals surface area contributed by atoms with Crippen molar-refractivity contribution in [2.45, 2.75) is 37.5 Å². The number of piperidine rings is 1. The minimum Gasteiger partial charge on any atom is -0.508 e. The van der Waals surface area contributed by atoms with Gasteiger partial charge in [0.25, 0.3) is 5.91 Å². The number of ether oxygens (including phenoxy) is 1. The second kappa shape index (κ2) is 10.0. The molecule has 3 unspecified atom stereocenters. The Labute approximate surface area is 207 Å². The molecule has 3 heterocycles. The summed E-state index contributed by atoms with van der Waals surface area (Å²) in [7, 11) is 0. The van der Waals surface area contributed by atoms with Crippen LogP contribution in [-0.2, 0) is 20.7 Å². The maximum atomic E-state index is 13.7. The minimum atomic E-state index is -0.865. The molecule has 8 heteroatoms. The van der Waals surface area contributed by atoms with E-state index in [1.54, 1.807) is 52.6 Å². The Morgan fingerprint density at radius 3 is 2.60 bits per heavy atom. The van der Waals surface area contributed by atoms with Gasteiger partial charge in [-0.05, 0) is 59.7 Å². The van der Waals surface area contributed by atoms with Crippen LogP contribution in [0.3, 0.4) is 0 Å². The van der Waals surface area contributed by atoms with Gasteiger partial charge in [-0.2, -0.15) is 0 Å². The third kappa shape index (κ3) is 4.99. The van der Waals surface area contributed by atoms with E-state index < -0.39 is 12.1 Å². The molecule has 2 N–H and O–H groups in total. The number of fused-ring (bicyclic) bond motifs is 1. The number of thiophene rings is 1. The van der Waals surface area contributed by atoms with E-state index in [-0.39, 0.29) is 42.5 Å². The molecule has 2 aliphatic heterocycles. The molecule has 2 amide bonds. The molecule has 2 aliphatic rings. The van der Waals surface area contributed by atoms with Crippen LogP contribution in [0.1, 0.15) is 28.8 Å². The highest BCUT2D eigenvalue weighted by atomic mass is 32.1. The van der Waals surface area contributed by atoms with Crippen molar-refractivity contribution in [3.63, 3.8) is 0 Å². The summed E-state index contributed by atoms with van der Waals surface area (Å²) in [6.45, 7) is 0.469. The summed E-state index contributed by atoms with van der Waals surface area (Å²) >= 11 is 1.62. The Hall–Kier alpha value is -3.49. The van der Waals surface area contributed by atoms with E-state index >= 15 is 0 Å². The summed E-state index contributed by atoms with van der Waals surface area (Å²) in [4.78, 5) is 42.0. The fourth-order valence-electron chi connectivity index (χ4n) is 4.78. The molecular formula is C27H26N2O5S. The van der Waals surface area contributed by atoms with Gasteiger partial charge in [-0.25, -0.2) is 0 Å². The molecule has 5 rings (SSSR count). The summed E-state index contributed by atoms with van der Waals surface area (Å²) < 4.78 is 5.60. The second-order valence-electron chi connectivity index (χ2n) is 8.89. The van der Waals surface area contributed by atoms with Gasteiger partial charge in [0.15, 0.2) is 5.78 Å². The molecule has 0 radical (unpaired) electrons. The monoisotopic (exact) mass is 490 g/mol. The van der Waals surface area contributed by atoms with Crippen molar-refractivity contribution in [3.8, 4) is 16.2 Å². The predicted octanol–water partition coefficient (Wildman–Crippen LogP) is 3.42. The maximum absolute atomic E-state index is 13.7. The number of nitrogens with zero attached hydrogens (tertiary/aromatic N) is 1. The predicted molar refractivity (Wildman–Crippen MR) is 132 cm³/mol. The molecule has 3 aromatic rings. The van der Waals surface area contributed by atoms with Crippen molar-refractivity contribution in [1.29, 1.82) is 0 Å². The molecule has 2 saturated heterocycles. The van der Waals surface area contributed by atoms with Crippen molar-refractivity contribution >= 4 is 28.9 Å². The van der Waals surface area contributed by atoms with E-state index in [1.807, 2.05) is 29.6 Å². The lowest BCUT2D eigenvalue weighted by Crippen LogP contribution is -2.58. The molecule has 0 aliphatic carbocycles. The molecule has 0 spiro atoms. The number of ketones is 1. The van der Waals surface area contributed by atoms with Gasteiger partial charge in [0.05, 0.1) is 6.10 Å². The fraction of sp³-hybridized carbons (Fsp3) is 0.296. The summed E-state index contributed by atoms with van der Waals surface area (Å²) in [6, 6.07) is 16.4. The third-order valence-electron chi connectivity index (χ3n) is 6.56. The Bertz CT molecular complexity index is 1210. The Kier molecular flexibility index (Phi) is 6.66. The van der Waals surface area contributed by atoms with Crippen LogP contribution in [0.2, 0.25) is 0 Å². The molecule has 180 valence electrons. The molecule has 1 aromatic heterocycles. The lowest BCUT2D eigenvalue weighted by Gasteiger charge is -2.37. The number of Topliss-reactive ketones (excluding diaryl/α,β-unsaturated/α-hetero) is 1. The number of phenols is 1. The van der Waals surface area contributed by atoms with Crippen LogP contribution in [0.15, 0.2) is 66.0 Å². The largest absolute Gasteiger partial charge is 0.508 e. The average molecular weight is 491 g/mol. The number of likely N-dealkylation sites (tertiary alicyclic amines) is 1. The number of nitrogens with one attached hydrogen (secondary N) is 1. The highest BCUT2D eigenvalue weighted by Gasteiger charge is 2.45. The molecule has 2 fully saturated rings. The van der Waals surface area contributed by atoms with E-state index in [2.05, 4.69) is 5.32 Å². The van der Waals surface area contributed by atoms with Crippen LogP contribution < -0.4 is 5.32 Å². The zero-order valence-electron chi connectivity index (χ0n) is 19.1. The number of aromatic hydroxyl groups is 1. The number of rotatable bonds is 6. The Balaban J connectivity index is 1.37. The first-order valence-corrected chi connectivity index (χ1v) is 12.5. The number of carbonyl (C=O) groups is 3. The van der Waals surface area contributed by atoms with Gasteiger partial charge in [0.1, 0.15) is 24.4 Å². The van der Waals surface area contributed by atoms with E-state index in [0.717, 1.165) is 28.8 Å². The van der Waals surface area contributed by atoms with Gasteiger partial charge in [-0.1, -0.05) is 30.3 Å². The van der Waals surface area contributed by atoms with Crippen molar-refractivity contribution in [2.24, 2.45) is 0 Å². The summed E-state index contributed by atoms with van der Waals surface area (Å²) in [5.41, 5.74) is 2.26.